The lowest BCUT2D eigenvalue weighted by Gasteiger charge is -2.28. The van der Waals surface area contributed by atoms with E-state index < -0.39 is 0 Å². The van der Waals surface area contributed by atoms with E-state index in [0.717, 1.165) is 17.1 Å². The summed E-state index contributed by atoms with van der Waals surface area (Å²) in [6, 6.07) is 20.7. The van der Waals surface area contributed by atoms with E-state index in [1.807, 2.05) is 67.4 Å². The predicted molar refractivity (Wildman–Crippen MR) is 334 cm³/mol. The first-order valence-electron chi connectivity index (χ1n) is 27.2. The van der Waals surface area contributed by atoms with Crippen molar-refractivity contribution in [1.82, 2.24) is 29.9 Å². The van der Waals surface area contributed by atoms with Gasteiger partial charge >= 0.3 is 0 Å². The zero-order chi connectivity index (χ0) is 58.7. The molecule has 0 spiro atoms. The number of aryl methyl sites for hydroxylation is 2. The molecule has 0 aliphatic carbocycles. The fraction of sp³-hybridized carbons (Fsp3) is 0.507. The van der Waals surface area contributed by atoms with E-state index in [1.165, 1.54) is 60.5 Å². The minimum atomic E-state index is 0.119. The van der Waals surface area contributed by atoms with Crippen LogP contribution in [0.4, 0.5) is 0 Å². The van der Waals surface area contributed by atoms with Crippen molar-refractivity contribution in [2.75, 3.05) is 0 Å². The number of pyridine rings is 4. The second-order valence-electron chi connectivity index (χ2n) is 27.1. The summed E-state index contributed by atoms with van der Waals surface area (Å²) in [5.41, 5.74) is 19.0. The number of aromatic nitrogens is 6. The van der Waals surface area contributed by atoms with Gasteiger partial charge in [0.05, 0.1) is 5.69 Å². The number of hydrogen-bond donors (Lipinski definition) is 0. The van der Waals surface area contributed by atoms with Crippen LogP contribution in [0.5, 0.6) is 0 Å². The van der Waals surface area contributed by atoms with Crippen molar-refractivity contribution >= 4 is 11.3 Å². The molecule has 0 aliphatic rings. The molecular weight excluding hydrogens is 945 g/mol. The number of nitrogens with zero attached hydrogens (tertiary/aromatic N) is 6. The van der Waals surface area contributed by atoms with E-state index in [4.69, 9.17) is 0 Å². The summed E-state index contributed by atoms with van der Waals surface area (Å²) in [6.45, 7) is 61.6. The SMILES string of the molecule is CC(C)(C)c1ccccn1.CC(C)(C)c1cccnc1.CC(C)(C)c1cccs1.CC(C)(C)c1ccncc1.CC(C)(C)c1cnccn1.Cc1c(C)c(C)c(C(C)(C)C)c(C)c1C.Cc1cc(C(C)(C)C)cnc1C. The molecule has 0 saturated heterocycles. The zero-order valence-corrected chi connectivity index (χ0v) is 54.0. The molecule has 0 atom stereocenters. The van der Waals surface area contributed by atoms with Crippen molar-refractivity contribution in [1.29, 1.82) is 0 Å². The normalized spacial score (nSPS) is 11.7. The maximum atomic E-state index is 4.35. The molecule has 0 unspecified atom stereocenters. The summed E-state index contributed by atoms with van der Waals surface area (Å²) in [7, 11) is 0. The minimum absolute atomic E-state index is 0.119. The lowest BCUT2D eigenvalue weighted by atomic mass is 9.77. The van der Waals surface area contributed by atoms with Crippen LogP contribution < -0.4 is 0 Å². The van der Waals surface area contributed by atoms with E-state index >= 15 is 0 Å². The van der Waals surface area contributed by atoms with Gasteiger partial charge in [-0.2, -0.15) is 0 Å². The van der Waals surface area contributed by atoms with Crippen LogP contribution in [0.3, 0.4) is 0 Å². The van der Waals surface area contributed by atoms with Crippen LogP contribution in [0.25, 0.3) is 0 Å². The highest BCUT2D eigenvalue weighted by molar-refractivity contribution is 7.10. The first-order valence-corrected chi connectivity index (χ1v) is 28.0. The summed E-state index contributed by atoms with van der Waals surface area (Å²) >= 11 is 1.83. The standard InChI is InChI=1S/C15H24.C11H17N.3C9H13N.C8H12N2.C8H12S/c1-9-10(2)12(4)14(15(6,7)8)13(5)11(9)3;1-8-6-10(11(3,4)5)7-12-9(8)2;1-9(2,3)8-4-6-10-7-5-8;1-9(2,3)8-5-4-6-10-7-8;1-9(2,3)8-6-4-5-7-10-8;1-8(2,3)7-6-9-4-5-10-7;1-8(2,3)7-5-4-6-9-7/h1-8H3;6-7H,1-5H3;3*4-7H,1-3H3;4-6H,1-3H3;4-6H,1-3H3. The van der Waals surface area contributed by atoms with Crippen molar-refractivity contribution in [3.05, 3.63) is 199 Å². The molecule has 0 bridgehead atoms. The number of benzene rings is 1. The van der Waals surface area contributed by atoms with Gasteiger partial charge in [0, 0.05) is 82.9 Å². The Morgan fingerprint density at radius 2 is 0.829 bits per heavy atom. The second-order valence-corrected chi connectivity index (χ2v) is 28.1. The topological polar surface area (TPSA) is 77.3 Å². The van der Waals surface area contributed by atoms with E-state index in [-0.39, 0.29) is 32.5 Å². The van der Waals surface area contributed by atoms with Crippen molar-refractivity contribution in [3.63, 3.8) is 0 Å². The van der Waals surface area contributed by atoms with Gasteiger partial charge in [-0.15, -0.1) is 11.3 Å². The van der Waals surface area contributed by atoms with Gasteiger partial charge in [0.1, 0.15) is 0 Å². The Labute approximate surface area is 470 Å². The van der Waals surface area contributed by atoms with E-state index in [2.05, 4.69) is 265 Å². The molecule has 0 aliphatic heterocycles. The summed E-state index contributed by atoms with van der Waals surface area (Å²) in [4.78, 5) is 26.2. The van der Waals surface area contributed by atoms with Crippen LogP contribution >= 0.6 is 11.3 Å². The lowest BCUT2D eigenvalue weighted by molar-refractivity contribution is 0.565. The maximum absolute atomic E-state index is 4.35. The molecule has 416 valence electrons. The summed E-state index contributed by atoms with van der Waals surface area (Å²) in [5, 5.41) is 2.13. The second kappa shape index (κ2) is 29.4. The number of hydrogen-bond acceptors (Lipinski definition) is 7. The monoisotopic (exact) mass is 1050 g/mol. The largest absolute Gasteiger partial charge is 0.265 e. The molecule has 0 saturated carbocycles. The molecule has 7 aromatic rings. The van der Waals surface area contributed by atoms with Crippen LogP contribution in [0.1, 0.15) is 223 Å². The summed E-state index contributed by atoms with van der Waals surface area (Å²) in [5.74, 6) is 0. The Morgan fingerprint density at radius 1 is 0.329 bits per heavy atom. The minimum Gasteiger partial charge on any atom is -0.265 e. The third kappa shape index (κ3) is 24.7. The van der Waals surface area contributed by atoms with Crippen LogP contribution in [0.15, 0.2) is 122 Å². The molecule has 0 N–H and O–H groups in total. The van der Waals surface area contributed by atoms with Crippen LogP contribution in [0, 0.1) is 48.5 Å². The first kappa shape index (κ1) is 68.6. The Balaban J connectivity index is 0.000000446. The zero-order valence-electron chi connectivity index (χ0n) is 53.1. The quantitative estimate of drug-likeness (QED) is 0.151. The molecule has 6 heterocycles. The van der Waals surface area contributed by atoms with Crippen molar-refractivity contribution < 1.29 is 0 Å². The van der Waals surface area contributed by atoms with Crippen molar-refractivity contribution in [3.8, 4) is 0 Å². The molecule has 6 nitrogen and oxygen atoms in total. The van der Waals surface area contributed by atoms with Crippen molar-refractivity contribution in [2.24, 2.45) is 0 Å². The van der Waals surface area contributed by atoms with Crippen LogP contribution in [-0.4, -0.2) is 29.9 Å². The maximum Gasteiger partial charge on any atom is 0.0640 e. The Hall–Kier alpha value is -5.40. The smallest absolute Gasteiger partial charge is 0.0640 e. The van der Waals surface area contributed by atoms with Crippen LogP contribution in [-0.2, 0) is 37.9 Å². The van der Waals surface area contributed by atoms with Crippen molar-refractivity contribution in [2.45, 2.75) is 232 Å². The van der Waals surface area contributed by atoms with E-state index in [1.54, 1.807) is 24.8 Å². The van der Waals surface area contributed by atoms with Crippen LogP contribution in [0.2, 0.25) is 0 Å². The summed E-state index contributed by atoms with van der Waals surface area (Å²) in [6.07, 6.45) is 16.4. The molecule has 7 rings (SSSR count). The first-order chi connectivity index (χ1) is 34.6. The third-order valence-electron chi connectivity index (χ3n) is 13.1. The molecular formula is C69H104N6S. The predicted octanol–water partition coefficient (Wildman–Crippen LogP) is 19.5. The molecule has 7 heteroatoms. The molecule has 0 amide bonds. The highest BCUT2D eigenvalue weighted by Crippen LogP contribution is 2.35. The van der Waals surface area contributed by atoms with Gasteiger partial charge in [-0.1, -0.05) is 170 Å². The average molecular weight is 1050 g/mol. The van der Waals surface area contributed by atoms with Gasteiger partial charge in [0.2, 0.25) is 0 Å². The number of thiophene rings is 1. The highest BCUT2D eigenvalue weighted by atomic mass is 32.1. The van der Waals surface area contributed by atoms with Gasteiger partial charge in [0.15, 0.2) is 0 Å². The fourth-order valence-electron chi connectivity index (χ4n) is 7.53. The van der Waals surface area contributed by atoms with Gasteiger partial charge < -0.3 is 0 Å². The van der Waals surface area contributed by atoms with Gasteiger partial charge in [-0.25, -0.2) is 0 Å². The molecule has 76 heavy (non-hydrogen) atoms. The van der Waals surface area contributed by atoms with Gasteiger partial charge in [-0.05, 0) is 173 Å². The lowest BCUT2D eigenvalue weighted by Crippen LogP contribution is -2.17. The molecule has 6 aromatic heterocycles. The van der Waals surface area contributed by atoms with Gasteiger partial charge in [0.25, 0.3) is 0 Å². The highest BCUT2D eigenvalue weighted by Gasteiger charge is 2.23. The Bertz CT molecular complexity index is 2470. The Kier molecular flexibility index (Phi) is 26.5. The molecule has 1 aromatic carbocycles. The third-order valence-corrected chi connectivity index (χ3v) is 14.4. The summed E-state index contributed by atoms with van der Waals surface area (Å²) < 4.78 is 0. The van der Waals surface area contributed by atoms with Gasteiger partial charge in [-0.3, -0.25) is 29.9 Å². The Morgan fingerprint density at radius 3 is 1.13 bits per heavy atom. The van der Waals surface area contributed by atoms with E-state index in [9.17, 15) is 0 Å². The van der Waals surface area contributed by atoms with E-state index in [0.29, 0.717) is 5.41 Å². The number of rotatable bonds is 0. The fourth-order valence-corrected chi connectivity index (χ4v) is 8.35. The molecule has 0 fully saturated rings. The molecule has 0 radical (unpaired) electrons. The average Bonchev–Trinajstić information content (AvgIpc) is 3.89.